The number of ether oxygens (including phenoxy) is 2. The molecule has 1 aliphatic carbocycles. The summed E-state index contributed by atoms with van der Waals surface area (Å²) in [7, 11) is 0. The van der Waals surface area contributed by atoms with Crippen LogP contribution >= 0.6 is 35.0 Å². The number of benzene rings is 1. The summed E-state index contributed by atoms with van der Waals surface area (Å²) in [5, 5.41) is 0.00184. The highest BCUT2D eigenvalue weighted by molar-refractivity contribution is 8.00. The maximum absolute atomic E-state index is 15.0. The van der Waals surface area contributed by atoms with Gasteiger partial charge in [-0.3, -0.25) is 14.4 Å². The lowest BCUT2D eigenvalue weighted by atomic mass is 9.90. The van der Waals surface area contributed by atoms with Gasteiger partial charge in [0.1, 0.15) is 11.7 Å². The maximum atomic E-state index is 15.0. The van der Waals surface area contributed by atoms with Crippen LogP contribution in [-0.4, -0.2) is 48.6 Å². The topological polar surface area (TPSA) is 90.0 Å². The van der Waals surface area contributed by atoms with E-state index in [0.717, 1.165) is 17.8 Å². The third-order valence-corrected chi connectivity index (χ3v) is 6.55. The van der Waals surface area contributed by atoms with E-state index < -0.39 is 35.5 Å². The molecule has 0 spiro atoms. The van der Waals surface area contributed by atoms with Crippen molar-refractivity contribution in [3.05, 3.63) is 34.1 Å². The number of carbonyl (C=O) groups excluding carboxylic acids is 4. The molecule has 2 amide bonds. The van der Waals surface area contributed by atoms with Crippen LogP contribution in [0, 0.1) is 5.82 Å². The van der Waals surface area contributed by atoms with Crippen molar-refractivity contribution in [2.75, 3.05) is 29.7 Å². The molecule has 0 saturated heterocycles. The molecule has 34 heavy (non-hydrogen) atoms. The van der Waals surface area contributed by atoms with E-state index >= 15 is 0 Å². The fourth-order valence-electron chi connectivity index (χ4n) is 3.34. The molecule has 186 valence electrons. The van der Waals surface area contributed by atoms with Gasteiger partial charge in [-0.1, -0.05) is 18.5 Å². The summed E-state index contributed by atoms with van der Waals surface area (Å²) in [5.41, 5.74) is -0.0880. The van der Waals surface area contributed by atoms with Gasteiger partial charge in [-0.05, 0) is 51.2 Å². The Labute approximate surface area is 211 Å². The molecule has 0 aromatic heterocycles. The molecule has 0 atom stereocenters. The molecule has 0 bridgehead atoms. The Balaban J connectivity index is 2.49. The second-order valence-corrected chi connectivity index (χ2v) is 8.99. The Kier molecular flexibility index (Phi) is 11.3. The van der Waals surface area contributed by atoms with Gasteiger partial charge in [0.05, 0.1) is 29.7 Å². The van der Waals surface area contributed by atoms with Crippen molar-refractivity contribution in [2.24, 2.45) is 0 Å². The summed E-state index contributed by atoms with van der Waals surface area (Å²) in [6, 6.07) is 2.17. The van der Waals surface area contributed by atoms with E-state index in [-0.39, 0.29) is 52.1 Å². The van der Waals surface area contributed by atoms with Crippen LogP contribution in [0.1, 0.15) is 46.0 Å². The first-order valence-corrected chi connectivity index (χ1v) is 12.7. The highest BCUT2D eigenvalue weighted by Gasteiger charge is 2.33. The first-order chi connectivity index (χ1) is 16.2. The van der Waals surface area contributed by atoms with Gasteiger partial charge in [-0.15, -0.1) is 23.4 Å². The summed E-state index contributed by atoms with van der Waals surface area (Å²) in [6.07, 6.45) is 2.47. The maximum Gasteiger partial charge on any atom is 0.334 e. The second kappa shape index (κ2) is 13.7. The molecule has 7 nitrogen and oxygen atoms in total. The number of hydrogen-bond donors (Lipinski definition) is 0. The number of thioether (sulfide) groups is 1. The number of alkyl halides is 1. The number of imide groups is 1. The second-order valence-electron chi connectivity index (χ2n) is 7.30. The van der Waals surface area contributed by atoms with Crippen LogP contribution in [0.25, 0.3) is 0 Å². The third-order valence-electron chi connectivity index (χ3n) is 4.87. The first-order valence-electron chi connectivity index (χ1n) is 10.8. The predicted octanol–water partition coefficient (Wildman–Crippen LogP) is 5.06. The predicted molar refractivity (Wildman–Crippen MR) is 129 cm³/mol. The van der Waals surface area contributed by atoms with Gasteiger partial charge in [-0.25, -0.2) is 14.1 Å². The molecule has 0 heterocycles. The van der Waals surface area contributed by atoms with Crippen molar-refractivity contribution in [2.45, 2.75) is 50.8 Å². The molecular formula is C23H26Cl2FNO6S. The number of carbonyl (C=O) groups is 4. The lowest BCUT2D eigenvalue weighted by Gasteiger charge is -2.26. The van der Waals surface area contributed by atoms with Crippen molar-refractivity contribution in [1.82, 2.24) is 0 Å². The zero-order valence-corrected chi connectivity index (χ0v) is 21.3. The molecule has 2 rings (SSSR count). The Morgan fingerprint density at radius 2 is 1.76 bits per heavy atom. The van der Waals surface area contributed by atoms with E-state index in [0.29, 0.717) is 30.6 Å². The normalized spacial score (nSPS) is 13.4. The van der Waals surface area contributed by atoms with E-state index in [4.69, 9.17) is 32.7 Å². The van der Waals surface area contributed by atoms with E-state index in [1.807, 2.05) is 6.92 Å². The molecule has 0 N–H and O–H groups in total. The molecule has 1 aromatic carbocycles. The van der Waals surface area contributed by atoms with Crippen LogP contribution in [0.5, 0.6) is 0 Å². The van der Waals surface area contributed by atoms with E-state index in [9.17, 15) is 23.6 Å². The summed E-state index contributed by atoms with van der Waals surface area (Å²) < 4.78 is 25.0. The highest BCUT2D eigenvalue weighted by atomic mass is 35.5. The SMILES string of the molecule is CCCOC(=O)C1=C(C(=O)N(C(=O)CCl)c2cc(SCC(=O)OCC)c(Cl)cc2F)CCCC1. The van der Waals surface area contributed by atoms with Gasteiger partial charge in [0, 0.05) is 16.0 Å². The van der Waals surface area contributed by atoms with Crippen LogP contribution in [-0.2, 0) is 28.7 Å². The van der Waals surface area contributed by atoms with Gasteiger partial charge in [-0.2, -0.15) is 0 Å². The number of halogens is 3. The van der Waals surface area contributed by atoms with Gasteiger partial charge >= 0.3 is 11.9 Å². The zero-order chi connectivity index (χ0) is 25.3. The Hall–Kier alpha value is -2.10. The number of amides is 2. The molecule has 1 aliphatic rings. The van der Waals surface area contributed by atoms with Gasteiger partial charge in [0.25, 0.3) is 5.91 Å². The number of rotatable bonds is 10. The summed E-state index contributed by atoms with van der Waals surface area (Å²) in [5.74, 6) is -4.45. The third kappa shape index (κ3) is 7.20. The zero-order valence-electron chi connectivity index (χ0n) is 19.0. The van der Waals surface area contributed by atoms with Gasteiger partial charge < -0.3 is 9.47 Å². The first kappa shape index (κ1) is 28.1. The summed E-state index contributed by atoms with van der Waals surface area (Å²) in [6.45, 7) is 3.91. The largest absolute Gasteiger partial charge is 0.465 e. The minimum Gasteiger partial charge on any atom is -0.465 e. The monoisotopic (exact) mass is 533 g/mol. The van der Waals surface area contributed by atoms with Crippen molar-refractivity contribution < 1.29 is 33.0 Å². The molecular weight excluding hydrogens is 508 g/mol. The molecule has 0 aliphatic heterocycles. The Morgan fingerprint density at radius 3 is 2.38 bits per heavy atom. The number of hydrogen-bond acceptors (Lipinski definition) is 7. The van der Waals surface area contributed by atoms with Gasteiger partial charge in [0.15, 0.2) is 0 Å². The van der Waals surface area contributed by atoms with Gasteiger partial charge in [0.2, 0.25) is 5.91 Å². The van der Waals surface area contributed by atoms with Crippen LogP contribution in [0.3, 0.4) is 0 Å². The average molecular weight is 534 g/mol. The summed E-state index contributed by atoms with van der Waals surface area (Å²) in [4.78, 5) is 51.3. The average Bonchev–Trinajstić information content (AvgIpc) is 2.83. The smallest absolute Gasteiger partial charge is 0.334 e. The molecule has 11 heteroatoms. The van der Waals surface area contributed by atoms with Crippen molar-refractivity contribution >= 4 is 64.4 Å². The number of anilines is 1. The highest BCUT2D eigenvalue weighted by Crippen LogP contribution is 2.36. The quantitative estimate of drug-likeness (QED) is 0.236. The number of nitrogens with zero attached hydrogens (tertiary/aromatic N) is 1. The minimum atomic E-state index is -0.927. The molecule has 0 saturated carbocycles. The fourth-order valence-corrected chi connectivity index (χ4v) is 4.52. The minimum absolute atomic E-state index is 0.00184. The van der Waals surface area contributed by atoms with Crippen LogP contribution in [0.2, 0.25) is 5.02 Å². The fraction of sp³-hybridized carbons (Fsp3) is 0.478. The molecule has 0 fully saturated rings. The van der Waals surface area contributed by atoms with Crippen LogP contribution in [0.4, 0.5) is 10.1 Å². The Morgan fingerprint density at radius 1 is 1.09 bits per heavy atom. The molecule has 0 radical (unpaired) electrons. The number of esters is 2. The van der Waals surface area contributed by atoms with E-state index in [1.165, 1.54) is 6.07 Å². The van der Waals surface area contributed by atoms with Crippen LogP contribution < -0.4 is 4.90 Å². The Bertz CT molecular complexity index is 984. The van der Waals surface area contributed by atoms with Crippen LogP contribution in [0.15, 0.2) is 28.2 Å². The van der Waals surface area contributed by atoms with E-state index in [2.05, 4.69) is 0 Å². The molecule has 0 unspecified atom stereocenters. The van der Waals surface area contributed by atoms with Crippen molar-refractivity contribution in [1.29, 1.82) is 0 Å². The lowest BCUT2D eigenvalue weighted by Crippen LogP contribution is -2.40. The lowest BCUT2D eigenvalue weighted by molar-refractivity contribution is -0.140. The molecule has 1 aromatic rings. The van der Waals surface area contributed by atoms with Crippen molar-refractivity contribution in [3.63, 3.8) is 0 Å². The standard InChI is InChI=1S/C23H26Cl2FNO6S/c1-3-9-33-23(31)15-8-6-5-7-14(15)22(30)27(20(28)12-24)18-11-19(16(25)10-17(18)26)34-13-21(29)32-4-2/h10-11H,3-9,12-13H2,1-2H3. The van der Waals surface area contributed by atoms with E-state index in [1.54, 1.807) is 6.92 Å². The van der Waals surface area contributed by atoms with Crippen molar-refractivity contribution in [3.8, 4) is 0 Å². The summed E-state index contributed by atoms with van der Waals surface area (Å²) >= 11 is 12.8.